The largest absolute Gasteiger partial charge is 0.378 e. The molecule has 196 valence electrons. The highest BCUT2D eigenvalue weighted by Gasteiger charge is 2.39. The van der Waals surface area contributed by atoms with Crippen molar-refractivity contribution in [2.24, 2.45) is 0 Å². The Morgan fingerprint density at radius 2 is 1.79 bits per heavy atom. The summed E-state index contributed by atoms with van der Waals surface area (Å²) in [4.78, 5) is 13.9. The first-order chi connectivity index (χ1) is 18.2. The van der Waals surface area contributed by atoms with Gasteiger partial charge in [0.15, 0.2) is 0 Å². The number of pyridine rings is 2. The highest BCUT2D eigenvalue weighted by atomic mass is 19.1. The minimum Gasteiger partial charge on any atom is -0.378 e. The standard InChI is InChI=1S/C30H29F3N4O/c1-18-24(12-19-5-4-6-20(31)11-19)35-25-14-21(32)13-23(33)27(25)28(18)37-17-30(2,3)29-26(37)15-22(16-34-29)36-7-9-38-10-8-36/h4-6,11,13-16H,7-10,12,17H2,1-3H3. The van der Waals surface area contributed by atoms with Gasteiger partial charge < -0.3 is 14.5 Å². The van der Waals surface area contributed by atoms with Gasteiger partial charge in [-0.25, -0.2) is 13.2 Å². The lowest BCUT2D eigenvalue weighted by Crippen LogP contribution is -2.36. The Balaban J connectivity index is 1.55. The number of halogens is 3. The smallest absolute Gasteiger partial charge is 0.137 e. The second-order valence-electron chi connectivity index (χ2n) is 10.8. The Bertz CT molecular complexity index is 1550. The van der Waals surface area contributed by atoms with Gasteiger partial charge in [0.25, 0.3) is 0 Å². The predicted octanol–water partition coefficient (Wildman–Crippen LogP) is 6.21. The SMILES string of the molecule is Cc1c(Cc2cccc(F)c2)nc2cc(F)cc(F)c2c1N1CC(C)(C)c2ncc(N3CCOCC3)cc21. The number of hydrogen-bond donors (Lipinski definition) is 0. The lowest BCUT2D eigenvalue weighted by molar-refractivity contribution is 0.122. The Morgan fingerprint density at radius 3 is 2.55 bits per heavy atom. The van der Waals surface area contributed by atoms with E-state index in [4.69, 9.17) is 9.72 Å². The number of ether oxygens (including phenoxy) is 1. The van der Waals surface area contributed by atoms with Crippen LogP contribution in [0.15, 0.2) is 48.7 Å². The van der Waals surface area contributed by atoms with E-state index in [-0.39, 0.29) is 22.1 Å². The molecule has 2 aliphatic heterocycles. The Labute approximate surface area is 219 Å². The first-order valence-corrected chi connectivity index (χ1v) is 12.8. The normalized spacial score (nSPS) is 16.8. The average Bonchev–Trinajstić information content (AvgIpc) is 3.15. The summed E-state index contributed by atoms with van der Waals surface area (Å²) in [5.41, 5.74) is 5.53. The highest BCUT2D eigenvalue weighted by molar-refractivity contribution is 5.98. The topological polar surface area (TPSA) is 41.5 Å². The highest BCUT2D eigenvalue weighted by Crippen LogP contribution is 2.48. The van der Waals surface area contributed by atoms with Crippen LogP contribution in [0.1, 0.15) is 36.4 Å². The van der Waals surface area contributed by atoms with E-state index in [2.05, 4.69) is 34.7 Å². The van der Waals surface area contributed by atoms with Crippen LogP contribution in [0.4, 0.5) is 30.2 Å². The lowest BCUT2D eigenvalue weighted by atomic mass is 9.91. The van der Waals surface area contributed by atoms with Crippen LogP contribution in [0, 0.1) is 24.4 Å². The van der Waals surface area contributed by atoms with Crippen molar-refractivity contribution in [1.29, 1.82) is 0 Å². The van der Waals surface area contributed by atoms with Crippen LogP contribution in [0.25, 0.3) is 10.9 Å². The first kappa shape index (κ1) is 24.7. The van der Waals surface area contributed by atoms with Crippen LogP contribution in [0.2, 0.25) is 0 Å². The van der Waals surface area contributed by atoms with E-state index in [0.717, 1.165) is 47.4 Å². The monoisotopic (exact) mass is 518 g/mol. The molecular weight excluding hydrogens is 489 g/mol. The molecule has 1 saturated heterocycles. The number of morpholine rings is 1. The molecule has 2 aliphatic rings. The number of hydrogen-bond acceptors (Lipinski definition) is 5. The summed E-state index contributed by atoms with van der Waals surface area (Å²) in [5.74, 6) is -1.69. The van der Waals surface area contributed by atoms with Gasteiger partial charge in [0.1, 0.15) is 17.5 Å². The number of nitrogens with zero attached hydrogens (tertiary/aromatic N) is 4. The second-order valence-corrected chi connectivity index (χ2v) is 10.8. The summed E-state index contributed by atoms with van der Waals surface area (Å²) >= 11 is 0. The molecule has 0 unspecified atom stereocenters. The van der Waals surface area contributed by atoms with Crippen LogP contribution in [0.3, 0.4) is 0 Å². The number of fused-ring (bicyclic) bond motifs is 2. The molecule has 0 spiro atoms. The van der Waals surface area contributed by atoms with Gasteiger partial charge in [-0.3, -0.25) is 9.97 Å². The fourth-order valence-electron chi connectivity index (χ4n) is 5.70. The molecule has 2 aromatic heterocycles. The van der Waals surface area contributed by atoms with Crippen LogP contribution in [-0.2, 0) is 16.6 Å². The zero-order valence-corrected chi connectivity index (χ0v) is 21.7. The van der Waals surface area contributed by atoms with Crippen molar-refractivity contribution in [3.63, 3.8) is 0 Å². The van der Waals surface area contributed by atoms with Gasteiger partial charge in [0, 0.05) is 43.6 Å². The molecular formula is C30H29F3N4O. The molecule has 38 heavy (non-hydrogen) atoms. The summed E-state index contributed by atoms with van der Waals surface area (Å²) in [6.45, 7) is 9.56. The summed E-state index contributed by atoms with van der Waals surface area (Å²) in [6, 6.07) is 10.6. The fourth-order valence-corrected chi connectivity index (χ4v) is 5.70. The zero-order valence-electron chi connectivity index (χ0n) is 21.7. The molecule has 6 rings (SSSR count). The fraction of sp³-hybridized carbons (Fsp3) is 0.333. The van der Waals surface area contributed by atoms with Crippen molar-refractivity contribution in [2.45, 2.75) is 32.6 Å². The van der Waals surface area contributed by atoms with E-state index in [1.165, 1.54) is 18.2 Å². The van der Waals surface area contributed by atoms with Crippen molar-refractivity contribution >= 4 is 28.0 Å². The third-order valence-electron chi connectivity index (χ3n) is 7.56. The molecule has 4 heterocycles. The van der Waals surface area contributed by atoms with E-state index in [1.54, 1.807) is 6.07 Å². The molecule has 1 fully saturated rings. The Kier molecular flexibility index (Phi) is 6.02. The third kappa shape index (κ3) is 4.26. The van der Waals surface area contributed by atoms with E-state index in [0.29, 0.717) is 37.6 Å². The minimum atomic E-state index is -0.688. The molecule has 5 nitrogen and oxygen atoms in total. The van der Waals surface area contributed by atoms with Crippen molar-refractivity contribution in [2.75, 3.05) is 42.6 Å². The van der Waals surface area contributed by atoms with E-state index in [1.807, 2.05) is 19.2 Å². The maximum absolute atomic E-state index is 15.5. The first-order valence-electron chi connectivity index (χ1n) is 12.8. The molecule has 0 N–H and O–H groups in total. The maximum Gasteiger partial charge on any atom is 0.137 e. The van der Waals surface area contributed by atoms with Crippen LogP contribution in [0.5, 0.6) is 0 Å². The molecule has 2 aromatic carbocycles. The molecule has 0 atom stereocenters. The molecule has 0 amide bonds. The lowest BCUT2D eigenvalue weighted by Gasteiger charge is -2.30. The van der Waals surface area contributed by atoms with Crippen molar-refractivity contribution in [3.8, 4) is 0 Å². The Hall–Kier alpha value is -3.65. The van der Waals surface area contributed by atoms with Gasteiger partial charge in [-0.1, -0.05) is 26.0 Å². The van der Waals surface area contributed by atoms with E-state index in [9.17, 15) is 8.78 Å². The van der Waals surface area contributed by atoms with Crippen molar-refractivity contribution in [3.05, 3.63) is 88.6 Å². The molecule has 0 saturated carbocycles. The minimum absolute atomic E-state index is 0.234. The molecule has 0 radical (unpaired) electrons. The Morgan fingerprint density at radius 1 is 1.00 bits per heavy atom. The molecule has 8 heteroatoms. The molecule has 0 aliphatic carbocycles. The molecule has 0 bridgehead atoms. The van der Waals surface area contributed by atoms with Gasteiger partial charge >= 0.3 is 0 Å². The number of rotatable bonds is 4. The summed E-state index contributed by atoms with van der Waals surface area (Å²) in [7, 11) is 0. The number of aromatic nitrogens is 2. The van der Waals surface area contributed by atoms with Gasteiger partial charge in [0.05, 0.1) is 58.8 Å². The zero-order chi connectivity index (χ0) is 26.6. The van der Waals surface area contributed by atoms with Gasteiger partial charge in [-0.05, 0) is 36.2 Å². The van der Waals surface area contributed by atoms with Crippen LogP contribution < -0.4 is 9.80 Å². The van der Waals surface area contributed by atoms with Gasteiger partial charge in [-0.15, -0.1) is 0 Å². The van der Waals surface area contributed by atoms with Crippen LogP contribution in [-0.4, -0.2) is 42.8 Å². The third-order valence-corrected chi connectivity index (χ3v) is 7.56. The summed E-state index contributed by atoms with van der Waals surface area (Å²) in [6.07, 6.45) is 2.24. The summed E-state index contributed by atoms with van der Waals surface area (Å²) < 4.78 is 49.3. The second kappa shape index (κ2) is 9.27. The molecule has 4 aromatic rings. The quantitative estimate of drug-likeness (QED) is 0.321. The van der Waals surface area contributed by atoms with E-state index < -0.39 is 11.6 Å². The number of anilines is 3. The summed E-state index contributed by atoms with van der Waals surface area (Å²) in [5, 5.41) is 0.271. The van der Waals surface area contributed by atoms with Crippen molar-refractivity contribution in [1.82, 2.24) is 9.97 Å². The van der Waals surface area contributed by atoms with Crippen LogP contribution >= 0.6 is 0 Å². The predicted molar refractivity (Wildman–Crippen MR) is 143 cm³/mol. The number of benzene rings is 2. The van der Waals surface area contributed by atoms with Gasteiger partial charge in [0.2, 0.25) is 0 Å². The average molecular weight is 519 g/mol. The van der Waals surface area contributed by atoms with Crippen molar-refractivity contribution < 1.29 is 17.9 Å². The maximum atomic E-state index is 15.5. The van der Waals surface area contributed by atoms with Gasteiger partial charge in [-0.2, -0.15) is 0 Å². The van der Waals surface area contributed by atoms with E-state index >= 15 is 4.39 Å².